The van der Waals surface area contributed by atoms with Crippen molar-refractivity contribution in [3.05, 3.63) is 41.0 Å². The monoisotopic (exact) mass is 289 g/mol. The highest BCUT2D eigenvalue weighted by Crippen LogP contribution is 2.17. The number of rotatable bonds is 4. The minimum absolute atomic E-state index is 0.0736. The first-order valence-electron chi connectivity index (χ1n) is 6.85. The highest BCUT2D eigenvalue weighted by atomic mass is 16.5. The van der Waals surface area contributed by atoms with Crippen molar-refractivity contribution in [2.45, 2.75) is 19.4 Å². The molecule has 0 radical (unpaired) electrons. The van der Waals surface area contributed by atoms with Crippen molar-refractivity contribution < 1.29 is 19.4 Å². The highest BCUT2D eigenvalue weighted by Gasteiger charge is 2.25. The number of carboxylic acids is 1. The average molecular weight is 289 g/mol. The van der Waals surface area contributed by atoms with Crippen molar-refractivity contribution in [2.75, 3.05) is 20.3 Å². The summed E-state index contributed by atoms with van der Waals surface area (Å²) in [5, 5.41) is 8.70. The molecular formula is C16H19NO4. The number of carbonyl (C=O) groups excluding carboxylic acids is 1. The minimum Gasteiger partial charge on any atom is -0.478 e. The van der Waals surface area contributed by atoms with Gasteiger partial charge in [0.15, 0.2) is 0 Å². The SMILES string of the molecule is Cc1ccc(C(=O)N(C)C2CCOC2)cc1/C=C/C(=O)O. The van der Waals surface area contributed by atoms with Gasteiger partial charge in [0.2, 0.25) is 0 Å². The molecule has 1 unspecified atom stereocenters. The maximum Gasteiger partial charge on any atom is 0.328 e. The third-order valence-corrected chi connectivity index (χ3v) is 3.71. The van der Waals surface area contributed by atoms with Crippen LogP contribution in [0, 0.1) is 6.92 Å². The van der Waals surface area contributed by atoms with Crippen LogP contribution in [-0.4, -0.2) is 48.2 Å². The summed E-state index contributed by atoms with van der Waals surface area (Å²) < 4.78 is 5.30. The predicted molar refractivity (Wildman–Crippen MR) is 79.2 cm³/mol. The lowest BCUT2D eigenvalue weighted by Gasteiger charge is -2.23. The van der Waals surface area contributed by atoms with E-state index < -0.39 is 5.97 Å². The molecule has 5 heteroatoms. The average Bonchev–Trinajstić information content (AvgIpc) is 2.99. The summed E-state index contributed by atoms with van der Waals surface area (Å²) in [5.41, 5.74) is 2.22. The fraction of sp³-hybridized carbons (Fsp3) is 0.375. The maximum atomic E-state index is 12.5. The summed E-state index contributed by atoms with van der Waals surface area (Å²) in [6.45, 7) is 3.13. The molecule has 0 spiro atoms. The Morgan fingerprint density at radius 1 is 1.43 bits per heavy atom. The largest absolute Gasteiger partial charge is 0.478 e. The van der Waals surface area contributed by atoms with Crippen molar-refractivity contribution in [1.29, 1.82) is 0 Å². The van der Waals surface area contributed by atoms with Crippen LogP contribution >= 0.6 is 0 Å². The zero-order chi connectivity index (χ0) is 15.4. The predicted octanol–water partition coefficient (Wildman–Crippen LogP) is 1.95. The van der Waals surface area contributed by atoms with E-state index in [0.717, 1.165) is 23.6 Å². The summed E-state index contributed by atoms with van der Waals surface area (Å²) >= 11 is 0. The number of ether oxygens (including phenoxy) is 1. The second-order valence-corrected chi connectivity index (χ2v) is 5.18. The molecule has 0 aliphatic carbocycles. The van der Waals surface area contributed by atoms with Gasteiger partial charge in [0.1, 0.15) is 0 Å². The smallest absolute Gasteiger partial charge is 0.328 e. The number of carboxylic acid groups (broad SMARTS) is 1. The Morgan fingerprint density at radius 2 is 2.19 bits per heavy atom. The van der Waals surface area contributed by atoms with E-state index in [9.17, 15) is 9.59 Å². The standard InChI is InChI=1S/C16H19NO4/c1-11-3-4-13(9-12(11)5-6-15(18)19)16(20)17(2)14-7-8-21-10-14/h3-6,9,14H,7-8,10H2,1-2H3,(H,18,19)/b6-5+. The van der Waals surface area contributed by atoms with E-state index in [2.05, 4.69) is 0 Å². The quantitative estimate of drug-likeness (QED) is 0.860. The molecule has 1 aliphatic rings. The van der Waals surface area contributed by atoms with E-state index in [1.807, 2.05) is 13.0 Å². The van der Waals surface area contributed by atoms with Crippen LogP contribution in [0.25, 0.3) is 6.08 Å². The van der Waals surface area contributed by atoms with Crippen LogP contribution in [0.2, 0.25) is 0 Å². The van der Waals surface area contributed by atoms with Crippen molar-refractivity contribution in [3.8, 4) is 0 Å². The molecule has 112 valence electrons. The lowest BCUT2D eigenvalue weighted by molar-refractivity contribution is -0.131. The molecule has 1 amide bonds. The normalized spacial score (nSPS) is 18.1. The van der Waals surface area contributed by atoms with Crippen LogP contribution in [0.5, 0.6) is 0 Å². The molecule has 1 aromatic rings. The number of benzene rings is 1. The molecule has 5 nitrogen and oxygen atoms in total. The molecule has 0 aromatic heterocycles. The maximum absolute atomic E-state index is 12.5. The molecule has 21 heavy (non-hydrogen) atoms. The first-order chi connectivity index (χ1) is 9.99. The van der Waals surface area contributed by atoms with Crippen LogP contribution in [-0.2, 0) is 9.53 Å². The van der Waals surface area contributed by atoms with Gasteiger partial charge in [-0.1, -0.05) is 6.07 Å². The molecule has 1 saturated heterocycles. The fourth-order valence-electron chi connectivity index (χ4n) is 2.31. The van der Waals surface area contributed by atoms with Gasteiger partial charge in [-0.15, -0.1) is 0 Å². The van der Waals surface area contributed by atoms with Gasteiger partial charge in [-0.3, -0.25) is 4.79 Å². The summed E-state index contributed by atoms with van der Waals surface area (Å²) in [7, 11) is 1.77. The van der Waals surface area contributed by atoms with E-state index in [1.165, 1.54) is 6.08 Å². The first-order valence-corrected chi connectivity index (χ1v) is 6.85. The number of carbonyl (C=O) groups is 2. The van der Waals surface area contributed by atoms with Crippen LogP contribution in [0.15, 0.2) is 24.3 Å². The summed E-state index contributed by atoms with van der Waals surface area (Å²) in [6, 6.07) is 5.43. The van der Waals surface area contributed by atoms with E-state index in [1.54, 1.807) is 24.1 Å². The lowest BCUT2D eigenvalue weighted by atomic mass is 10.0. The molecule has 1 N–H and O–H groups in total. The summed E-state index contributed by atoms with van der Waals surface area (Å²) in [5.74, 6) is -1.08. The number of amides is 1. The van der Waals surface area contributed by atoms with Crippen LogP contribution < -0.4 is 0 Å². The molecular weight excluding hydrogens is 270 g/mol. The number of hydrogen-bond acceptors (Lipinski definition) is 3. The minimum atomic E-state index is -1.01. The third-order valence-electron chi connectivity index (χ3n) is 3.71. The van der Waals surface area contributed by atoms with Gasteiger partial charge in [-0.2, -0.15) is 0 Å². The molecule has 2 rings (SSSR count). The van der Waals surface area contributed by atoms with Crippen molar-refractivity contribution in [2.24, 2.45) is 0 Å². The van der Waals surface area contributed by atoms with Gasteiger partial charge in [-0.05, 0) is 42.7 Å². The second-order valence-electron chi connectivity index (χ2n) is 5.18. The zero-order valence-electron chi connectivity index (χ0n) is 12.2. The fourth-order valence-corrected chi connectivity index (χ4v) is 2.31. The lowest BCUT2D eigenvalue weighted by Crippen LogP contribution is -2.37. The summed E-state index contributed by atoms with van der Waals surface area (Å²) in [6.07, 6.45) is 3.43. The third kappa shape index (κ3) is 3.70. The Hall–Kier alpha value is -2.14. The Morgan fingerprint density at radius 3 is 2.81 bits per heavy atom. The number of hydrogen-bond donors (Lipinski definition) is 1. The topological polar surface area (TPSA) is 66.8 Å². The van der Waals surface area contributed by atoms with Crippen LogP contribution in [0.4, 0.5) is 0 Å². The van der Waals surface area contributed by atoms with Gasteiger partial charge in [0.05, 0.1) is 12.6 Å². The van der Waals surface area contributed by atoms with Crippen molar-refractivity contribution in [3.63, 3.8) is 0 Å². The second kappa shape index (κ2) is 6.54. The van der Waals surface area contributed by atoms with Crippen LogP contribution in [0.3, 0.4) is 0 Å². The van der Waals surface area contributed by atoms with Gasteiger partial charge in [-0.25, -0.2) is 4.79 Å². The Kier molecular flexibility index (Phi) is 4.75. The molecule has 1 aliphatic heterocycles. The highest BCUT2D eigenvalue weighted by molar-refractivity contribution is 5.95. The zero-order valence-corrected chi connectivity index (χ0v) is 12.2. The molecule has 1 fully saturated rings. The van der Waals surface area contributed by atoms with E-state index in [4.69, 9.17) is 9.84 Å². The summed E-state index contributed by atoms with van der Waals surface area (Å²) in [4.78, 5) is 24.8. The van der Waals surface area contributed by atoms with E-state index in [-0.39, 0.29) is 11.9 Å². The number of likely N-dealkylation sites (N-methyl/N-ethyl adjacent to an activating group) is 1. The molecule has 0 saturated carbocycles. The Bertz CT molecular complexity index is 574. The number of aliphatic carboxylic acids is 1. The van der Waals surface area contributed by atoms with Crippen molar-refractivity contribution in [1.82, 2.24) is 4.90 Å². The van der Waals surface area contributed by atoms with Gasteiger partial charge < -0.3 is 14.7 Å². The van der Waals surface area contributed by atoms with Gasteiger partial charge in [0, 0.05) is 25.3 Å². The molecule has 1 atom stereocenters. The number of aryl methyl sites for hydroxylation is 1. The van der Waals surface area contributed by atoms with Crippen LogP contribution in [0.1, 0.15) is 27.9 Å². The van der Waals surface area contributed by atoms with E-state index in [0.29, 0.717) is 18.8 Å². The van der Waals surface area contributed by atoms with E-state index >= 15 is 0 Å². The molecule has 0 bridgehead atoms. The molecule has 1 aromatic carbocycles. The number of nitrogens with zero attached hydrogens (tertiary/aromatic N) is 1. The molecule has 1 heterocycles. The first kappa shape index (κ1) is 15.3. The Balaban J connectivity index is 2.21. The van der Waals surface area contributed by atoms with Gasteiger partial charge in [0.25, 0.3) is 5.91 Å². The van der Waals surface area contributed by atoms with Crippen molar-refractivity contribution >= 4 is 18.0 Å². The van der Waals surface area contributed by atoms with Gasteiger partial charge >= 0.3 is 5.97 Å². The Labute approximate surface area is 123 Å².